The van der Waals surface area contributed by atoms with E-state index in [2.05, 4.69) is 20.5 Å². The van der Waals surface area contributed by atoms with Crippen LogP contribution in [0.4, 0.5) is 6.01 Å². The average molecular weight is 378 g/mol. The molecule has 26 heavy (non-hydrogen) atoms. The Hall–Kier alpha value is -2.35. The lowest BCUT2D eigenvalue weighted by Crippen LogP contribution is -2.45. The molecule has 2 fully saturated rings. The van der Waals surface area contributed by atoms with Crippen LogP contribution in [0.3, 0.4) is 0 Å². The van der Waals surface area contributed by atoms with Crippen LogP contribution in [0.25, 0.3) is 11.6 Å². The van der Waals surface area contributed by atoms with Crippen LogP contribution in [-0.2, 0) is 4.79 Å². The Morgan fingerprint density at radius 2 is 2.04 bits per heavy atom. The maximum Gasteiger partial charge on any atom is 0.316 e. The van der Waals surface area contributed by atoms with E-state index in [0.717, 1.165) is 25.9 Å². The van der Waals surface area contributed by atoms with Gasteiger partial charge >= 0.3 is 6.01 Å². The lowest BCUT2D eigenvalue weighted by atomic mass is 9.93. The molecule has 1 aliphatic carbocycles. The molecule has 0 unspecified atom stereocenters. The monoisotopic (exact) mass is 377 g/mol. The first-order chi connectivity index (χ1) is 12.5. The molecule has 0 aromatic carbocycles. The van der Waals surface area contributed by atoms with E-state index in [0.29, 0.717) is 11.1 Å². The molecule has 138 valence electrons. The number of H-pyrrole nitrogens is 1. The largest absolute Gasteiger partial charge is 0.402 e. The lowest BCUT2D eigenvalue weighted by Gasteiger charge is -2.33. The lowest BCUT2D eigenvalue weighted by molar-refractivity contribution is -0.133. The number of piperidine rings is 1. The predicted octanol–water partition coefficient (Wildman–Crippen LogP) is 2.28. The summed E-state index contributed by atoms with van der Waals surface area (Å²) in [4.78, 5) is 28.6. The van der Waals surface area contributed by atoms with Gasteiger partial charge in [0.1, 0.15) is 16.8 Å². The number of halogens is 1. The second kappa shape index (κ2) is 6.42. The van der Waals surface area contributed by atoms with Gasteiger partial charge in [0.25, 0.3) is 11.4 Å². The van der Waals surface area contributed by atoms with Gasteiger partial charge in [-0.25, -0.2) is 0 Å². The van der Waals surface area contributed by atoms with E-state index in [1.807, 2.05) is 4.90 Å². The van der Waals surface area contributed by atoms with Crippen LogP contribution >= 0.6 is 11.6 Å². The van der Waals surface area contributed by atoms with Gasteiger partial charge in [0.05, 0.1) is 0 Å². The van der Waals surface area contributed by atoms with E-state index in [1.165, 1.54) is 18.9 Å². The highest BCUT2D eigenvalue weighted by Crippen LogP contribution is 2.53. The summed E-state index contributed by atoms with van der Waals surface area (Å²) < 4.78 is 5.50. The molecular weight excluding hydrogens is 358 g/mol. The topological polar surface area (TPSA) is 104 Å². The van der Waals surface area contributed by atoms with Gasteiger partial charge in [-0.15, -0.1) is 5.10 Å². The summed E-state index contributed by atoms with van der Waals surface area (Å²) in [5, 5.41) is 10.8. The fourth-order valence-electron chi connectivity index (χ4n) is 3.37. The van der Waals surface area contributed by atoms with Crippen LogP contribution in [0.15, 0.2) is 21.3 Å². The number of hydrogen-bond donors (Lipinski definition) is 2. The van der Waals surface area contributed by atoms with E-state index in [-0.39, 0.29) is 22.8 Å². The first kappa shape index (κ1) is 17.1. The Bertz CT molecular complexity index is 879. The Kier molecular flexibility index (Phi) is 4.22. The molecule has 0 radical (unpaired) electrons. The fraction of sp³-hybridized carbons (Fsp3) is 0.529. The molecule has 3 heterocycles. The molecule has 2 N–H and O–H groups in total. The molecule has 8 nitrogen and oxygen atoms in total. The van der Waals surface area contributed by atoms with E-state index in [1.54, 1.807) is 13.0 Å². The second-order valence-electron chi connectivity index (χ2n) is 7.15. The molecule has 2 aliphatic rings. The Labute approximate surface area is 154 Å². The minimum atomic E-state index is -0.471. The number of aromatic amines is 1. The number of carbonyl (C=O) groups excluding carboxylic acids is 1. The number of amides is 1. The third-order valence-corrected chi connectivity index (χ3v) is 5.62. The molecule has 1 saturated carbocycles. The van der Waals surface area contributed by atoms with Crippen molar-refractivity contribution in [2.45, 2.75) is 38.6 Å². The predicted molar refractivity (Wildman–Crippen MR) is 95.9 cm³/mol. The van der Waals surface area contributed by atoms with Crippen molar-refractivity contribution in [2.24, 2.45) is 5.41 Å². The zero-order valence-electron chi connectivity index (χ0n) is 14.4. The molecule has 0 bridgehead atoms. The molecule has 1 atom stereocenters. The highest BCUT2D eigenvalue weighted by molar-refractivity contribution is 6.30. The highest BCUT2D eigenvalue weighted by Gasteiger charge is 2.45. The van der Waals surface area contributed by atoms with Crippen molar-refractivity contribution < 1.29 is 9.21 Å². The van der Waals surface area contributed by atoms with Crippen LogP contribution in [0.2, 0.25) is 5.02 Å². The quantitative estimate of drug-likeness (QED) is 0.847. The number of likely N-dealkylation sites (tertiary alicyclic amines) is 1. The standard InChI is InChI=1S/C17H20ClN5O3/c1-10(15(25)23-8-6-17(4-5-17)7-9-23)19-16-22-21-14(26-16)12-3-2-11(18)13(24)20-12/h2-3,10H,4-9H2,1H3,(H,19,22)(H,20,24)/t10-/m1/s1. The van der Waals surface area contributed by atoms with Gasteiger partial charge in [-0.3, -0.25) is 9.59 Å². The average Bonchev–Trinajstić information content (AvgIpc) is 3.22. The number of hydrogen-bond acceptors (Lipinski definition) is 6. The van der Waals surface area contributed by atoms with Gasteiger partial charge in [-0.05, 0) is 50.2 Å². The van der Waals surface area contributed by atoms with Crippen LogP contribution in [0.1, 0.15) is 32.6 Å². The Morgan fingerprint density at radius 3 is 2.69 bits per heavy atom. The summed E-state index contributed by atoms with van der Waals surface area (Å²) in [7, 11) is 0. The summed E-state index contributed by atoms with van der Waals surface area (Å²) in [5.74, 6) is 0.176. The maximum absolute atomic E-state index is 12.6. The number of pyridine rings is 1. The number of rotatable bonds is 4. The van der Waals surface area contributed by atoms with Gasteiger partial charge in [0.2, 0.25) is 5.91 Å². The first-order valence-corrected chi connectivity index (χ1v) is 9.12. The first-order valence-electron chi connectivity index (χ1n) is 8.74. The summed E-state index contributed by atoms with van der Waals surface area (Å²) in [6.45, 7) is 3.40. The molecule has 1 amide bonds. The summed E-state index contributed by atoms with van der Waals surface area (Å²) in [6, 6.07) is 2.70. The molecular formula is C17H20ClN5O3. The third kappa shape index (κ3) is 3.33. The zero-order chi connectivity index (χ0) is 18.3. The van der Waals surface area contributed by atoms with E-state index >= 15 is 0 Å². The summed E-state index contributed by atoms with van der Waals surface area (Å²) in [5.41, 5.74) is 0.466. The van der Waals surface area contributed by atoms with Crippen molar-refractivity contribution in [1.29, 1.82) is 0 Å². The number of nitrogens with zero attached hydrogens (tertiary/aromatic N) is 3. The minimum Gasteiger partial charge on any atom is -0.402 e. The molecule has 2 aromatic rings. The van der Waals surface area contributed by atoms with Crippen molar-refractivity contribution in [3.63, 3.8) is 0 Å². The molecule has 1 saturated heterocycles. The van der Waals surface area contributed by atoms with E-state index in [4.69, 9.17) is 16.0 Å². The number of carbonyl (C=O) groups is 1. The third-order valence-electron chi connectivity index (χ3n) is 5.32. The highest BCUT2D eigenvalue weighted by atomic mass is 35.5. The normalized spacial score (nSPS) is 19.4. The molecule has 1 aliphatic heterocycles. The van der Waals surface area contributed by atoms with E-state index < -0.39 is 11.6 Å². The molecule has 2 aromatic heterocycles. The van der Waals surface area contributed by atoms with E-state index in [9.17, 15) is 9.59 Å². The molecule has 1 spiro atoms. The maximum atomic E-state index is 12.6. The fourth-order valence-corrected chi connectivity index (χ4v) is 3.48. The van der Waals surface area contributed by atoms with Crippen LogP contribution < -0.4 is 10.9 Å². The van der Waals surface area contributed by atoms with Gasteiger partial charge in [-0.2, -0.15) is 0 Å². The van der Waals surface area contributed by atoms with Gasteiger partial charge < -0.3 is 19.6 Å². The van der Waals surface area contributed by atoms with Crippen LogP contribution in [0, 0.1) is 5.41 Å². The Balaban J connectivity index is 1.39. The SMILES string of the molecule is C[C@@H](Nc1nnc(-c2ccc(Cl)c(=O)[nH]2)o1)C(=O)N1CCC2(CC1)CC2. The number of anilines is 1. The zero-order valence-corrected chi connectivity index (χ0v) is 15.2. The van der Waals surface area contributed by atoms with Gasteiger partial charge in [-0.1, -0.05) is 16.7 Å². The minimum absolute atomic E-state index is 0.0279. The van der Waals surface area contributed by atoms with Crippen LogP contribution in [-0.4, -0.2) is 45.1 Å². The van der Waals surface area contributed by atoms with Gasteiger partial charge in [0.15, 0.2) is 0 Å². The van der Waals surface area contributed by atoms with Crippen molar-refractivity contribution in [1.82, 2.24) is 20.1 Å². The number of aromatic nitrogens is 3. The summed E-state index contributed by atoms with van der Waals surface area (Å²) >= 11 is 5.71. The summed E-state index contributed by atoms with van der Waals surface area (Å²) in [6.07, 6.45) is 4.81. The smallest absolute Gasteiger partial charge is 0.316 e. The second-order valence-corrected chi connectivity index (χ2v) is 7.56. The van der Waals surface area contributed by atoms with Crippen molar-refractivity contribution in [2.75, 3.05) is 18.4 Å². The number of nitrogens with one attached hydrogen (secondary N) is 2. The molecule has 4 rings (SSSR count). The van der Waals surface area contributed by atoms with Crippen molar-refractivity contribution >= 4 is 23.5 Å². The molecule has 9 heteroatoms. The van der Waals surface area contributed by atoms with Gasteiger partial charge in [0, 0.05) is 13.1 Å². The van der Waals surface area contributed by atoms with Crippen molar-refractivity contribution in [3.8, 4) is 11.6 Å². The van der Waals surface area contributed by atoms with Crippen molar-refractivity contribution in [3.05, 3.63) is 27.5 Å². The van der Waals surface area contributed by atoms with Crippen LogP contribution in [0.5, 0.6) is 0 Å². The Morgan fingerprint density at radius 1 is 1.31 bits per heavy atom.